The minimum absolute atomic E-state index is 0.00309. The molecule has 1 N–H and O–H groups in total. The van der Waals surface area contributed by atoms with Gasteiger partial charge in [0.2, 0.25) is 15.9 Å². The molecular formula is C20H24Cl2N2O3S. The number of likely N-dealkylation sites (N-methyl/N-ethyl adjacent to an activating group) is 1. The summed E-state index contributed by atoms with van der Waals surface area (Å²) >= 11 is 12.0. The fourth-order valence-electron chi connectivity index (χ4n) is 3.18. The molecule has 0 heterocycles. The third-order valence-electron chi connectivity index (χ3n) is 4.24. The monoisotopic (exact) mass is 442 g/mol. The highest BCUT2D eigenvalue weighted by Crippen LogP contribution is 2.28. The van der Waals surface area contributed by atoms with Gasteiger partial charge in [0.15, 0.2) is 0 Å². The number of hydrogen-bond acceptors (Lipinski definition) is 3. The van der Waals surface area contributed by atoms with Crippen molar-refractivity contribution in [2.24, 2.45) is 0 Å². The zero-order valence-corrected chi connectivity index (χ0v) is 18.7. The lowest BCUT2D eigenvalue weighted by Crippen LogP contribution is -2.40. The Morgan fingerprint density at radius 1 is 1.04 bits per heavy atom. The number of aryl methyl sites for hydroxylation is 3. The number of sulfonamides is 1. The number of nitrogens with one attached hydrogen (secondary N) is 1. The van der Waals surface area contributed by atoms with Gasteiger partial charge in [-0.05, 0) is 56.5 Å². The molecule has 0 bridgehead atoms. The summed E-state index contributed by atoms with van der Waals surface area (Å²) in [5.74, 6) is -0.367. The van der Waals surface area contributed by atoms with Crippen LogP contribution < -0.4 is 5.32 Å². The normalized spacial score (nSPS) is 11.7. The molecule has 0 aliphatic rings. The van der Waals surface area contributed by atoms with E-state index >= 15 is 0 Å². The molecule has 2 aromatic rings. The van der Waals surface area contributed by atoms with E-state index in [-0.39, 0.29) is 23.9 Å². The van der Waals surface area contributed by atoms with Gasteiger partial charge < -0.3 is 5.32 Å². The average molecular weight is 443 g/mol. The van der Waals surface area contributed by atoms with Crippen molar-refractivity contribution in [3.8, 4) is 0 Å². The molecule has 28 heavy (non-hydrogen) atoms. The van der Waals surface area contributed by atoms with Crippen molar-refractivity contribution < 1.29 is 13.2 Å². The summed E-state index contributed by atoms with van der Waals surface area (Å²) in [5, 5.41) is 3.37. The van der Waals surface area contributed by atoms with E-state index in [4.69, 9.17) is 23.2 Å². The minimum atomic E-state index is -3.92. The van der Waals surface area contributed by atoms with E-state index in [1.807, 2.05) is 19.1 Å². The first-order chi connectivity index (χ1) is 13.1. The van der Waals surface area contributed by atoms with Crippen molar-refractivity contribution >= 4 is 39.1 Å². The predicted molar refractivity (Wildman–Crippen MR) is 113 cm³/mol. The number of carbonyl (C=O) groups excluding carboxylic acids is 1. The second-order valence-corrected chi connectivity index (χ2v) is 9.39. The van der Waals surface area contributed by atoms with Crippen LogP contribution in [0.25, 0.3) is 0 Å². The molecule has 0 aliphatic heterocycles. The van der Waals surface area contributed by atoms with Crippen molar-refractivity contribution in [2.45, 2.75) is 39.1 Å². The van der Waals surface area contributed by atoms with Crippen molar-refractivity contribution in [2.75, 3.05) is 13.1 Å². The molecule has 152 valence electrons. The van der Waals surface area contributed by atoms with Crippen LogP contribution in [0.5, 0.6) is 0 Å². The summed E-state index contributed by atoms with van der Waals surface area (Å²) in [4.78, 5) is 12.4. The summed E-state index contributed by atoms with van der Waals surface area (Å²) in [5.41, 5.74) is 2.92. The van der Waals surface area contributed by atoms with Gasteiger partial charge in [-0.1, -0.05) is 47.0 Å². The number of rotatable bonds is 7. The summed E-state index contributed by atoms with van der Waals surface area (Å²) in [6, 6.07) is 8.56. The highest BCUT2D eigenvalue weighted by molar-refractivity contribution is 7.89. The van der Waals surface area contributed by atoms with Crippen LogP contribution in [0.2, 0.25) is 10.0 Å². The Morgan fingerprint density at radius 3 is 2.18 bits per heavy atom. The number of benzene rings is 2. The Morgan fingerprint density at radius 2 is 1.64 bits per heavy atom. The topological polar surface area (TPSA) is 66.5 Å². The fraction of sp³-hybridized carbons (Fsp3) is 0.350. The van der Waals surface area contributed by atoms with E-state index < -0.39 is 10.0 Å². The summed E-state index contributed by atoms with van der Waals surface area (Å²) in [7, 11) is -3.92. The summed E-state index contributed by atoms with van der Waals surface area (Å²) in [6.45, 7) is 7.35. The van der Waals surface area contributed by atoms with Gasteiger partial charge >= 0.3 is 0 Å². The largest absolute Gasteiger partial charge is 0.355 e. The molecule has 0 radical (unpaired) electrons. The molecule has 0 fully saturated rings. The Balaban J connectivity index is 2.50. The zero-order valence-electron chi connectivity index (χ0n) is 16.3. The maximum Gasteiger partial charge on any atom is 0.244 e. The first-order valence-corrected chi connectivity index (χ1v) is 11.0. The van der Waals surface area contributed by atoms with Crippen LogP contribution in [-0.2, 0) is 21.4 Å². The Labute approximate surface area is 176 Å². The standard InChI is InChI=1S/C20H24Cl2N2O3S/c1-5-23-19(25)12-24(11-16-6-7-17(21)18(22)10-16)28(26,27)20-14(3)8-13(2)9-15(20)4/h6-10H,5,11-12H2,1-4H3,(H,23,25). The van der Waals surface area contributed by atoms with Gasteiger partial charge in [0.1, 0.15) is 0 Å². The van der Waals surface area contributed by atoms with E-state index in [2.05, 4.69) is 5.32 Å². The Bertz CT molecular complexity index is 968. The van der Waals surface area contributed by atoms with Gasteiger partial charge in [-0.25, -0.2) is 8.42 Å². The highest BCUT2D eigenvalue weighted by atomic mass is 35.5. The first kappa shape index (κ1) is 22.7. The van der Waals surface area contributed by atoms with Gasteiger partial charge in [0.05, 0.1) is 21.5 Å². The zero-order chi connectivity index (χ0) is 21.1. The lowest BCUT2D eigenvalue weighted by Gasteiger charge is -2.24. The maximum atomic E-state index is 13.5. The van der Waals surface area contributed by atoms with E-state index in [9.17, 15) is 13.2 Å². The van der Waals surface area contributed by atoms with Gasteiger partial charge in [0.25, 0.3) is 0 Å². The molecule has 0 unspecified atom stereocenters. The second-order valence-electron chi connectivity index (χ2n) is 6.70. The SMILES string of the molecule is CCNC(=O)CN(Cc1ccc(Cl)c(Cl)c1)S(=O)(=O)c1c(C)cc(C)cc1C. The minimum Gasteiger partial charge on any atom is -0.355 e. The fourth-order valence-corrected chi connectivity index (χ4v) is 5.30. The first-order valence-electron chi connectivity index (χ1n) is 8.85. The van der Waals surface area contributed by atoms with Gasteiger partial charge in [0, 0.05) is 13.1 Å². The van der Waals surface area contributed by atoms with Gasteiger partial charge in [-0.15, -0.1) is 0 Å². The second kappa shape index (κ2) is 9.27. The molecule has 1 amide bonds. The number of carbonyl (C=O) groups is 1. The lowest BCUT2D eigenvalue weighted by atomic mass is 10.1. The summed E-state index contributed by atoms with van der Waals surface area (Å²) in [6.07, 6.45) is 0. The number of halogens is 2. The van der Waals surface area contributed by atoms with Gasteiger partial charge in [-0.3, -0.25) is 4.79 Å². The lowest BCUT2D eigenvalue weighted by molar-refractivity contribution is -0.121. The van der Waals surface area contributed by atoms with E-state index in [0.29, 0.717) is 33.3 Å². The van der Waals surface area contributed by atoms with Crippen molar-refractivity contribution in [1.82, 2.24) is 9.62 Å². The van der Waals surface area contributed by atoms with Crippen LogP contribution in [0.15, 0.2) is 35.2 Å². The van der Waals surface area contributed by atoms with E-state index in [1.54, 1.807) is 39.0 Å². The van der Waals surface area contributed by atoms with Crippen molar-refractivity contribution in [3.05, 3.63) is 62.6 Å². The Kier molecular flexibility index (Phi) is 7.51. The van der Waals surface area contributed by atoms with Crippen LogP contribution in [0.4, 0.5) is 0 Å². The molecule has 0 atom stereocenters. The molecule has 0 aliphatic carbocycles. The molecule has 0 saturated carbocycles. The molecule has 2 rings (SSSR count). The van der Waals surface area contributed by atoms with E-state index in [0.717, 1.165) is 5.56 Å². The maximum absolute atomic E-state index is 13.5. The van der Waals surface area contributed by atoms with Crippen LogP contribution >= 0.6 is 23.2 Å². The van der Waals surface area contributed by atoms with Crippen LogP contribution in [0, 0.1) is 20.8 Å². The summed E-state index contributed by atoms with van der Waals surface area (Å²) < 4.78 is 28.1. The number of hydrogen-bond donors (Lipinski definition) is 1. The third kappa shape index (κ3) is 5.26. The molecular weight excluding hydrogens is 419 g/mol. The van der Waals surface area contributed by atoms with Crippen LogP contribution in [-0.4, -0.2) is 31.7 Å². The van der Waals surface area contributed by atoms with E-state index in [1.165, 1.54) is 4.31 Å². The third-order valence-corrected chi connectivity index (χ3v) is 7.08. The molecule has 5 nitrogen and oxygen atoms in total. The van der Waals surface area contributed by atoms with Crippen molar-refractivity contribution in [1.29, 1.82) is 0 Å². The average Bonchev–Trinajstić information content (AvgIpc) is 2.56. The predicted octanol–water partition coefficient (Wildman–Crippen LogP) is 4.25. The Hall–Kier alpha value is -1.60. The molecule has 0 aromatic heterocycles. The number of amides is 1. The quantitative estimate of drug-likeness (QED) is 0.696. The molecule has 0 saturated heterocycles. The van der Waals surface area contributed by atoms with Gasteiger partial charge in [-0.2, -0.15) is 4.31 Å². The number of nitrogens with zero attached hydrogens (tertiary/aromatic N) is 1. The van der Waals surface area contributed by atoms with Crippen LogP contribution in [0.3, 0.4) is 0 Å². The molecule has 0 spiro atoms. The smallest absolute Gasteiger partial charge is 0.244 e. The van der Waals surface area contributed by atoms with Crippen molar-refractivity contribution in [3.63, 3.8) is 0 Å². The molecule has 2 aromatic carbocycles. The molecule has 8 heteroatoms. The van der Waals surface area contributed by atoms with Crippen LogP contribution in [0.1, 0.15) is 29.2 Å². The highest BCUT2D eigenvalue weighted by Gasteiger charge is 2.30.